The van der Waals surface area contributed by atoms with Gasteiger partial charge >= 0.3 is 0 Å². The third-order valence-electron chi connectivity index (χ3n) is 6.65. The molecule has 7 heteroatoms. The van der Waals surface area contributed by atoms with E-state index in [9.17, 15) is 14.0 Å². The maximum Gasteiger partial charge on any atom is 0.254 e. The first-order valence-electron chi connectivity index (χ1n) is 11.7. The number of piperidine rings is 1. The zero-order valence-corrected chi connectivity index (χ0v) is 18.6. The van der Waals surface area contributed by atoms with Crippen LogP contribution in [0.25, 0.3) is 0 Å². The van der Waals surface area contributed by atoms with Crippen molar-refractivity contribution < 1.29 is 14.0 Å². The number of hydrogen-bond acceptors (Lipinski definition) is 4. The number of likely N-dealkylation sites (tertiary alicyclic amines) is 1. The first-order chi connectivity index (χ1) is 15.5. The molecule has 6 nitrogen and oxygen atoms in total. The van der Waals surface area contributed by atoms with E-state index in [1.807, 2.05) is 4.90 Å². The van der Waals surface area contributed by atoms with Crippen molar-refractivity contribution in [3.8, 4) is 0 Å². The van der Waals surface area contributed by atoms with Gasteiger partial charge < -0.3 is 10.2 Å². The predicted octanol–water partition coefficient (Wildman–Crippen LogP) is 4.49. The number of nitrogens with one attached hydrogen (secondary N) is 1. The van der Waals surface area contributed by atoms with Gasteiger partial charge in [-0.3, -0.25) is 9.59 Å². The molecular formula is C25H31FN4O2. The van der Waals surface area contributed by atoms with E-state index in [-0.39, 0.29) is 29.6 Å². The van der Waals surface area contributed by atoms with Crippen LogP contribution in [0.1, 0.15) is 84.8 Å². The molecule has 2 heterocycles. The minimum atomic E-state index is -0.307. The minimum absolute atomic E-state index is 0.117. The number of carbonyl (C=O) groups is 2. The molecule has 0 unspecified atom stereocenters. The molecule has 1 aliphatic heterocycles. The van der Waals surface area contributed by atoms with Gasteiger partial charge in [0.15, 0.2) is 5.82 Å². The number of rotatable bonds is 5. The number of hydrogen-bond donors (Lipinski definition) is 1. The highest BCUT2D eigenvalue weighted by atomic mass is 19.1. The number of nitrogens with zero attached hydrogens (tertiary/aromatic N) is 3. The molecule has 1 saturated carbocycles. The van der Waals surface area contributed by atoms with Crippen LogP contribution >= 0.6 is 0 Å². The SMILES string of the molecule is Cc1nc([C@H]2CCCCN2C(=O)C2CCCCC2)ncc1C(=O)NCc1ccc(F)cc1. The maximum absolute atomic E-state index is 13.2. The van der Waals surface area contributed by atoms with E-state index < -0.39 is 0 Å². The molecular weight excluding hydrogens is 407 g/mol. The van der Waals surface area contributed by atoms with E-state index in [1.54, 1.807) is 25.3 Å². The molecule has 2 amide bonds. The lowest BCUT2D eigenvalue weighted by Gasteiger charge is -2.38. The van der Waals surface area contributed by atoms with E-state index in [0.717, 1.165) is 57.1 Å². The average molecular weight is 439 g/mol. The molecule has 32 heavy (non-hydrogen) atoms. The lowest BCUT2D eigenvalue weighted by Crippen LogP contribution is -2.43. The minimum Gasteiger partial charge on any atom is -0.348 e. The molecule has 0 bridgehead atoms. The summed E-state index contributed by atoms with van der Waals surface area (Å²) in [6, 6.07) is 5.91. The smallest absolute Gasteiger partial charge is 0.254 e. The highest BCUT2D eigenvalue weighted by Crippen LogP contribution is 2.33. The molecule has 170 valence electrons. The molecule has 1 N–H and O–H groups in total. The van der Waals surface area contributed by atoms with Crippen LogP contribution in [-0.2, 0) is 11.3 Å². The fourth-order valence-corrected chi connectivity index (χ4v) is 4.80. The Morgan fingerprint density at radius 3 is 2.50 bits per heavy atom. The fraction of sp³-hybridized carbons (Fsp3) is 0.520. The van der Waals surface area contributed by atoms with Gasteiger partial charge in [-0.2, -0.15) is 0 Å². The van der Waals surface area contributed by atoms with Crippen LogP contribution in [0.4, 0.5) is 4.39 Å². The van der Waals surface area contributed by atoms with Crippen molar-refractivity contribution in [3.63, 3.8) is 0 Å². The zero-order valence-electron chi connectivity index (χ0n) is 18.6. The summed E-state index contributed by atoms with van der Waals surface area (Å²) >= 11 is 0. The van der Waals surface area contributed by atoms with Gasteiger partial charge in [-0.15, -0.1) is 0 Å². The van der Waals surface area contributed by atoms with Crippen LogP contribution in [0.5, 0.6) is 0 Å². The molecule has 1 aromatic heterocycles. The highest BCUT2D eigenvalue weighted by molar-refractivity contribution is 5.94. The summed E-state index contributed by atoms with van der Waals surface area (Å²) in [6.45, 7) is 2.85. The lowest BCUT2D eigenvalue weighted by atomic mass is 9.87. The second-order valence-corrected chi connectivity index (χ2v) is 8.91. The van der Waals surface area contributed by atoms with Gasteiger partial charge in [0, 0.05) is 25.2 Å². The van der Waals surface area contributed by atoms with Gasteiger partial charge in [0.25, 0.3) is 5.91 Å². The summed E-state index contributed by atoms with van der Waals surface area (Å²) < 4.78 is 13.0. The van der Waals surface area contributed by atoms with E-state index in [1.165, 1.54) is 18.6 Å². The summed E-state index contributed by atoms with van der Waals surface area (Å²) in [6.07, 6.45) is 9.92. The molecule has 1 aromatic carbocycles. The van der Waals surface area contributed by atoms with Crippen LogP contribution < -0.4 is 5.32 Å². The second-order valence-electron chi connectivity index (χ2n) is 8.91. The Bertz CT molecular complexity index is 957. The third-order valence-corrected chi connectivity index (χ3v) is 6.65. The Hall–Kier alpha value is -2.83. The van der Waals surface area contributed by atoms with E-state index >= 15 is 0 Å². The quantitative estimate of drug-likeness (QED) is 0.746. The Balaban J connectivity index is 1.45. The Labute approximate surface area is 188 Å². The van der Waals surface area contributed by atoms with Crippen molar-refractivity contribution in [2.24, 2.45) is 5.92 Å². The van der Waals surface area contributed by atoms with Crippen LogP contribution in [0.15, 0.2) is 30.5 Å². The van der Waals surface area contributed by atoms with Crippen molar-refractivity contribution >= 4 is 11.8 Å². The molecule has 2 aliphatic rings. The number of halogens is 1. The predicted molar refractivity (Wildman–Crippen MR) is 119 cm³/mol. The van der Waals surface area contributed by atoms with Gasteiger partial charge in [-0.25, -0.2) is 14.4 Å². The number of amides is 2. The Kier molecular flexibility index (Phi) is 7.12. The van der Waals surface area contributed by atoms with Gasteiger partial charge in [-0.05, 0) is 56.7 Å². The first-order valence-corrected chi connectivity index (χ1v) is 11.7. The fourth-order valence-electron chi connectivity index (χ4n) is 4.80. The number of carbonyl (C=O) groups excluding carboxylic acids is 2. The van der Waals surface area contributed by atoms with E-state index in [0.29, 0.717) is 23.6 Å². The number of benzene rings is 1. The van der Waals surface area contributed by atoms with Crippen molar-refractivity contribution in [3.05, 3.63) is 58.9 Å². The Morgan fingerprint density at radius 2 is 1.78 bits per heavy atom. The summed E-state index contributed by atoms with van der Waals surface area (Å²) in [4.78, 5) is 37.0. The van der Waals surface area contributed by atoms with Crippen molar-refractivity contribution in [2.45, 2.75) is 70.9 Å². The maximum atomic E-state index is 13.2. The van der Waals surface area contributed by atoms with Crippen LogP contribution in [-0.4, -0.2) is 33.2 Å². The van der Waals surface area contributed by atoms with Gasteiger partial charge in [0.1, 0.15) is 5.82 Å². The van der Waals surface area contributed by atoms with Crippen LogP contribution in [0.2, 0.25) is 0 Å². The van der Waals surface area contributed by atoms with Crippen molar-refractivity contribution in [1.29, 1.82) is 0 Å². The standard InChI is InChI=1S/C25H31FN4O2/c1-17-21(24(31)28-15-18-10-12-20(26)13-11-18)16-27-23(29-17)22-9-5-6-14-30(22)25(32)19-7-3-2-4-8-19/h10-13,16,19,22H,2-9,14-15H2,1H3,(H,28,31)/t22-/m1/s1. The first kappa shape index (κ1) is 22.4. The normalized spacial score (nSPS) is 19.6. The molecule has 1 atom stereocenters. The molecule has 1 aliphatic carbocycles. The number of aryl methyl sites for hydroxylation is 1. The summed E-state index contributed by atoms with van der Waals surface area (Å²) in [5.74, 6) is 0.427. The van der Waals surface area contributed by atoms with Crippen LogP contribution in [0.3, 0.4) is 0 Å². The number of aromatic nitrogens is 2. The van der Waals surface area contributed by atoms with Crippen molar-refractivity contribution in [1.82, 2.24) is 20.2 Å². The second kappa shape index (κ2) is 10.2. The molecule has 0 spiro atoms. The monoisotopic (exact) mass is 438 g/mol. The zero-order chi connectivity index (χ0) is 22.5. The highest BCUT2D eigenvalue weighted by Gasteiger charge is 2.34. The van der Waals surface area contributed by atoms with E-state index in [4.69, 9.17) is 0 Å². The average Bonchev–Trinajstić information content (AvgIpc) is 2.83. The largest absolute Gasteiger partial charge is 0.348 e. The van der Waals surface area contributed by atoms with Gasteiger partial charge in [0.2, 0.25) is 5.91 Å². The summed E-state index contributed by atoms with van der Waals surface area (Å²) in [5.41, 5.74) is 1.83. The summed E-state index contributed by atoms with van der Waals surface area (Å²) in [7, 11) is 0. The molecule has 4 rings (SSSR count). The topological polar surface area (TPSA) is 75.2 Å². The van der Waals surface area contributed by atoms with Crippen molar-refractivity contribution in [2.75, 3.05) is 6.54 Å². The molecule has 0 radical (unpaired) electrons. The molecule has 2 aromatic rings. The third kappa shape index (κ3) is 5.14. The Morgan fingerprint density at radius 1 is 1.06 bits per heavy atom. The van der Waals surface area contributed by atoms with Gasteiger partial charge in [-0.1, -0.05) is 31.4 Å². The van der Waals surface area contributed by atoms with Crippen LogP contribution in [0, 0.1) is 18.7 Å². The molecule has 2 fully saturated rings. The summed E-state index contributed by atoms with van der Waals surface area (Å²) in [5, 5.41) is 2.84. The van der Waals surface area contributed by atoms with Gasteiger partial charge in [0.05, 0.1) is 17.3 Å². The lowest BCUT2D eigenvalue weighted by molar-refractivity contribution is -0.140. The van der Waals surface area contributed by atoms with E-state index in [2.05, 4.69) is 15.3 Å². The molecule has 1 saturated heterocycles.